The van der Waals surface area contributed by atoms with E-state index in [0.29, 0.717) is 11.6 Å². The van der Waals surface area contributed by atoms with Gasteiger partial charge in [0, 0.05) is 6.07 Å². The fourth-order valence-corrected chi connectivity index (χ4v) is 1.53. The van der Waals surface area contributed by atoms with Crippen LogP contribution in [-0.4, -0.2) is 12.1 Å². The van der Waals surface area contributed by atoms with Gasteiger partial charge in [0.1, 0.15) is 30.3 Å². The Morgan fingerprint density at radius 3 is 2.45 bits per heavy atom. The number of rotatable bonds is 5. The Morgan fingerprint density at radius 1 is 1.09 bits per heavy atom. The van der Waals surface area contributed by atoms with E-state index in [1.165, 1.54) is 24.3 Å². The summed E-state index contributed by atoms with van der Waals surface area (Å²) in [5.41, 5.74) is 0.500. The van der Waals surface area contributed by atoms with E-state index in [0.717, 1.165) is 18.3 Å². The molecule has 1 amide bonds. The van der Waals surface area contributed by atoms with Gasteiger partial charge in [-0.2, -0.15) is 0 Å². The zero-order valence-corrected chi connectivity index (χ0v) is 11.2. The second-order valence-electron chi connectivity index (χ2n) is 4.25. The monoisotopic (exact) mass is 308 g/mol. The SMILES string of the molecule is O=C(C=NOCc1ccc(F)cc1)Nc1ccc(F)cc1F. The lowest BCUT2D eigenvalue weighted by atomic mass is 10.2. The minimum absolute atomic E-state index is 0.0506. The van der Waals surface area contributed by atoms with Gasteiger partial charge in [-0.25, -0.2) is 13.2 Å². The summed E-state index contributed by atoms with van der Waals surface area (Å²) >= 11 is 0. The van der Waals surface area contributed by atoms with Crippen molar-refractivity contribution in [2.75, 3.05) is 5.32 Å². The van der Waals surface area contributed by atoms with Crippen LogP contribution < -0.4 is 5.32 Å². The van der Waals surface area contributed by atoms with Crippen LogP contribution >= 0.6 is 0 Å². The highest BCUT2D eigenvalue weighted by molar-refractivity contribution is 6.31. The van der Waals surface area contributed by atoms with Crippen LogP contribution in [0, 0.1) is 17.5 Å². The fraction of sp³-hybridized carbons (Fsp3) is 0.0667. The van der Waals surface area contributed by atoms with Gasteiger partial charge in [0.25, 0.3) is 5.91 Å². The van der Waals surface area contributed by atoms with Crippen LogP contribution in [-0.2, 0) is 16.2 Å². The molecule has 0 bridgehead atoms. The summed E-state index contributed by atoms with van der Waals surface area (Å²) in [5.74, 6) is -2.74. The van der Waals surface area contributed by atoms with Crippen molar-refractivity contribution in [3.63, 3.8) is 0 Å². The zero-order chi connectivity index (χ0) is 15.9. The van der Waals surface area contributed by atoms with Crippen LogP contribution in [0.3, 0.4) is 0 Å². The summed E-state index contributed by atoms with van der Waals surface area (Å²) in [7, 11) is 0. The maximum atomic E-state index is 13.3. The summed E-state index contributed by atoms with van der Waals surface area (Å²) in [5, 5.41) is 5.59. The number of hydrogen-bond donors (Lipinski definition) is 1. The van der Waals surface area contributed by atoms with E-state index < -0.39 is 17.5 Å². The molecule has 0 aliphatic heterocycles. The van der Waals surface area contributed by atoms with E-state index in [1.807, 2.05) is 0 Å². The van der Waals surface area contributed by atoms with E-state index in [4.69, 9.17) is 4.84 Å². The van der Waals surface area contributed by atoms with Crippen LogP contribution in [0.15, 0.2) is 47.6 Å². The standard InChI is InChI=1S/C15H11F3N2O2/c16-11-3-1-10(2-4-11)9-22-19-8-15(21)20-14-6-5-12(17)7-13(14)18/h1-8H,9H2,(H,20,21). The molecule has 0 aliphatic rings. The van der Waals surface area contributed by atoms with E-state index in [9.17, 15) is 18.0 Å². The molecule has 0 saturated carbocycles. The lowest BCUT2D eigenvalue weighted by molar-refractivity contribution is -0.110. The van der Waals surface area contributed by atoms with Gasteiger partial charge in [-0.1, -0.05) is 17.3 Å². The number of oxime groups is 1. The average Bonchev–Trinajstić information content (AvgIpc) is 2.48. The van der Waals surface area contributed by atoms with Gasteiger partial charge in [0.2, 0.25) is 0 Å². The first-order valence-electron chi connectivity index (χ1n) is 6.20. The molecule has 0 unspecified atom stereocenters. The smallest absolute Gasteiger partial charge is 0.270 e. The fourth-order valence-electron chi connectivity index (χ4n) is 1.53. The first kappa shape index (κ1) is 15.6. The van der Waals surface area contributed by atoms with Gasteiger partial charge in [-0.15, -0.1) is 0 Å². The molecule has 0 spiro atoms. The molecule has 0 fully saturated rings. The number of amides is 1. The molecule has 1 N–H and O–H groups in total. The Kier molecular flexibility index (Phi) is 5.13. The number of halogens is 3. The molecule has 2 aromatic carbocycles. The summed E-state index contributed by atoms with van der Waals surface area (Å²) in [6, 6.07) is 8.32. The number of nitrogens with one attached hydrogen (secondary N) is 1. The van der Waals surface area contributed by atoms with Crippen molar-refractivity contribution in [2.45, 2.75) is 6.61 Å². The summed E-state index contributed by atoms with van der Waals surface area (Å²) in [4.78, 5) is 16.3. The minimum Gasteiger partial charge on any atom is -0.391 e. The first-order valence-corrected chi connectivity index (χ1v) is 6.20. The number of carbonyl (C=O) groups excluding carboxylic acids is 1. The van der Waals surface area contributed by atoms with Gasteiger partial charge in [0.15, 0.2) is 0 Å². The van der Waals surface area contributed by atoms with Gasteiger partial charge in [-0.3, -0.25) is 4.79 Å². The highest BCUT2D eigenvalue weighted by Crippen LogP contribution is 2.14. The average molecular weight is 308 g/mol. The van der Waals surface area contributed by atoms with E-state index in [2.05, 4.69) is 10.5 Å². The molecule has 7 heteroatoms. The Labute approximate surface area is 124 Å². The summed E-state index contributed by atoms with van der Waals surface area (Å²) in [6.45, 7) is 0.0506. The molecule has 0 heterocycles. The van der Waals surface area contributed by atoms with Crippen molar-refractivity contribution < 1.29 is 22.8 Å². The number of carbonyl (C=O) groups is 1. The zero-order valence-electron chi connectivity index (χ0n) is 11.2. The lowest BCUT2D eigenvalue weighted by Crippen LogP contribution is -2.14. The highest BCUT2D eigenvalue weighted by atomic mass is 19.1. The van der Waals surface area contributed by atoms with Crippen molar-refractivity contribution in [1.29, 1.82) is 0 Å². The van der Waals surface area contributed by atoms with Gasteiger partial charge >= 0.3 is 0 Å². The second-order valence-corrected chi connectivity index (χ2v) is 4.25. The molecule has 114 valence electrons. The molecular formula is C15H11F3N2O2. The highest BCUT2D eigenvalue weighted by Gasteiger charge is 2.06. The maximum absolute atomic E-state index is 13.3. The van der Waals surface area contributed by atoms with Gasteiger partial charge < -0.3 is 10.2 Å². The van der Waals surface area contributed by atoms with Crippen molar-refractivity contribution in [3.8, 4) is 0 Å². The van der Waals surface area contributed by atoms with Gasteiger partial charge in [0.05, 0.1) is 5.69 Å². The third-order valence-electron chi connectivity index (χ3n) is 2.58. The number of nitrogens with zero attached hydrogens (tertiary/aromatic N) is 1. The predicted molar refractivity (Wildman–Crippen MR) is 74.7 cm³/mol. The molecule has 0 saturated heterocycles. The normalized spacial score (nSPS) is 10.7. The quantitative estimate of drug-likeness (QED) is 0.681. The van der Waals surface area contributed by atoms with Crippen molar-refractivity contribution >= 4 is 17.8 Å². The van der Waals surface area contributed by atoms with Crippen molar-refractivity contribution in [2.24, 2.45) is 5.16 Å². The second kappa shape index (κ2) is 7.26. The third-order valence-corrected chi connectivity index (χ3v) is 2.58. The molecule has 0 aromatic heterocycles. The Morgan fingerprint density at radius 2 is 1.77 bits per heavy atom. The first-order chi connectivity index (χ1) is 10.5. The molecule has 4 nitrogen and oxygen atoms in total. The Hall–Kier alpha value is -2.83. The lowest BCUT2D eigenvalue weighted by Gasteiger charge is -2.03. The van der Waals surface area contributed by atoms with Crippen LogP contribution in [0.2, 0.25) is 0 Å². The number of benzene rings is 2. The maximum Gasteiger partial charge on any atom is 0.270 e. The molecule has 0 radical (unpaired) electrons. The molecule has 2 rings (SSSR count). The van der Waals surface area contributed by atoms with E-state index in [1.54, 1.807) is 0 Å². The van der Waals surface area contributed by atoms with Crippen LogP contribution in [0.25, 0.3) is 0 Å². The predicted octanol–water partition coefficient (Wildman–Crippen LogP) is 3.25. The van der Waals surface area contributed by atoms with E-state index >= 15 is 0 Å². The van der Waals surface area contributed by atoms with Gasteiger partial charge in [-0.05, 0) is 29.8 Å². The number of hydrogen-bond acceptors (Lipinski definition) is 3. The van der Waals surface area contributed by atoms with Crippen LogP contribution in [0.5, 0.6) is 0 Å². The van der Waals surface area contributed by atoms with Crippen LogP contribution in [0.1, 0.15) is 5.56 Å². The Balaban J connectivity index is 1.82. The Bertz CT molecular complexity index is 688. The number of anilines is 1. The molecular weight excluding hydrogens is 297 g/mol. The molecule has 2 aromatic rings. The molecule has 0 aliphatic carbocycles. The molecule has 22 heavy (non-hydrogen) atoms. The van der Waals surface area contributed by atoms with Crippen molar-refractivity contribution in [3.05, 3.63) is 65.5 Å². The van der Waals surface area contributed by atoms with Crippen LogP contribution in [0.4, 0.5) is 18.9 Å². The topological polar surface area (TPSA) is 50.7 Å². The van der Waals surface area contributed by atoms with Crippen molar-refractivity contribution in [1.82, 2.24) is 0 Å². The molecule has 0 atom stereocenters. The summed E-state index contributed by atoms with van der Waals surface area (Å²) < 4.78 is 38.7. The minimum atomic E-state index is -0.894. The summed E-state index contributed by atoms with van der Waals surface area (Å²) in [6.07, 6.45) is 0.812. The van der Waals surface area contributed by atoms with E-state index in [-0.39, 0.29) is 18.1 Å². The third kappa shape index (κ3) is 4.62. The largest absolute Gasteiger partial charge is 0.391 e.